The van der Waals surface area contributed by atoms with E-state index < -0.39 is 28.7 Å². The minimum atomic E-state index is -0.786. The van der Waals surface area contributed by atoms with Gasteiger partial charge in [-0.1, -0.05) is 0 Å². The van der Waals surface area contributed by atoms with Gasteiger partial charge in [-0.05, 0) is 20.8 Å². The summed E-state index contributed by atoms with van der Waals surface area (Å²) in [4.78, 5) is 24.0. The SMILES string of the molecule is CCn1c(O)c(N=NC(=N)/C=C(/C)O)c(=O)n(CC)c1=O. The highest BCUT2D eigenvalue weighted by Gasteiger charge is 2.17. The summed E-state index contributed by atoms with van der Waals surface area (Å²) in [6.07, 6.45) is 1.02. The lowest BCUT2D eigenvalue weighted by Crippen LogP contribution is -2.38. The zero-order chi connectivity index (χ0) is 16.2. The molecule has 0 saturated heterocycles. The van der Waals surface area contributed by atoms with Crippen molar-refractivity contribution >= 4 is 11.5 Å². The number of rotatable bonds is 4. The number of aromatic hydroxyl groups is 1. The standard InChI is InChI=1S/C12H17N5O4/c1-4-16-10(19)9(11(20)17(5-2)12(16)21)15-14-8(13)6-7(3)18/h6,13,18-19H,4-5H2,1-3H3/b7-6-,13-8?,15-14?. The number of nitrogens with zero attached hydrogens (tertiary/aromatic N) is 4. The fourth-order valence-electron chi connectivity index (χ4n) is 1.66. The molecule has 0 fully saturated rings. The first-order chi connectivity index (χ1) is 9.83. The minimum Gasteiger partial charge on any atom is -0.512 e. The summed E-state index contributed by atoms with van der Waals surface area (Å²) in [5.41, 5.74) is -1.85. The third-order valence-electron chi connectivity index (χ3n) is 2.61. The molecule has 0 saturated carbocycles. The average molecular weight is 295 g/mol. The van der Waals surface area contributed by atoms with Gasteiger partial charge < -0.3 is 10.2 Å². The lowest BCUT2D eigenvalue weighted by Gasteiger charge is -2.10. The zero-order valence-electron chi connectivity index (χ0n) is 12.0. The molecule has 0 aliphatic carbocycles. The molecule has 9 heteroatoms. The normalized spacial score (nSPS) is 12.0. The third-order valence-corrected chi connectivity index (χ3v) is 2.61. The maximum Gasteiger partial charge on any atom is 0.333 e. The molecule has 9 nitrogen and oxygen atoms in total. The van der Waals surface area contributed by atoms with Crippen molar-refractivity contribution in [3.8, 4) is 5.88 Å². The van der Waals surface area contributed by atoms with Crippen LogP contribution in [0.5, 0.6) is 5.88 Å². The summed E-state index contributed by atoms with van der Waals surface area (Å²) in [6.45, 7) is 4.87. The highest BCUT2D eigenvalue weighted by molar-refractivity contribution is 5.90. The van der Waals surface area contributed by atoms with Crippen LogP contribution < -0.4 is 11.2 Å². The Balaban J connectivity index is 3.47. The van der Waals surface area contributed by atoms with Gasteiger partial charge in [0.1, 0.15) is 0 Å². The predicted molar refractivity (Wildman–Crippen MR) is 76.6 cm³/mol. The van der Waals surface area contributed by atoms with E-state index in [0.29, 0.717) is 0 Å². The van der Waals surface area contributed by atoms with Gasteiger partial charge in [0.05, 0.1) is 5.76 Å². The first kappa shape index (κ1) is 16.3. The summed E-state index contributed by atoms with van der Waals surface area (Å²) >= 11 is 0. The fraction of sp³-hybridized carbons (Fsp3) is 0.417. The predicted octanol–water partition coefficient (Wildman–Crippen LogP) is 1.28. The van der Waals surface area contributed by atoms with Crippen molar-refractivity contribution in [2.24, 2.45) is 10.2 Å². The number of nitrogens with one attached hydrogen (secondary N) is 1. The lowest BCUT2D eigenvalue weighted by molar-refractivity contribution is 0.397. The van der Waals surface area contributed by atoms with Crippen molar-refractivity contribution < 1.29 is 10.2 Å². The molecule has 21 heavy (non-hydrogen) atoms. The van der Waals surface area contributed by atoms with Crippen molar-refractivity contribution in [1.82, 2.24) is 9.13 Å². The Morgan fingerprint density at radius 3 is 2.33 bits per heavy atom. The second kappa shape index (κ2) is 6.64. The maximum atomic E-state index is 12.0. The third kappa shape index (κ3) is 3.44. The molecule has 0 spiro atoms. The molecule has 0 aliphatic heterocycles. The van der Waals surface area contributed by atoms with Gasteiger partial charge in [-0.15, -0.1) is 10.2 Å². The largest absolute Gasteiger partial charge is 0.512 e. The topological polar surface area (TPSA) is 133 Å². The van der Waals surface area contributed by atoms with Gasteiger partial charge in [-0.3, -0.25) is 19.3 Å². The molecule has 1 aromatic heterocycles. The van der Waals surface area contributed by atoms with Crippen LogP contribution in [0.2, 0.25) is 0 Å². The van der Waals surface area contributed by atoms with Crippen molar-refractivity contribution in [3.63, 3.8) is 0 Å². The Morgan fingerprint density at radius 1 is 1.29 bits per heavy atom. The van der Waals surface area contributed by atoms with Gasteiger partial charge in [-0.25, -0.2) is 4.79 Å². The van der Waals surface area contributed by atoms with E-state index in [4.69, 9.17) is 10.5 Å². The van der Waals surface area contributed by atoms with E-state index in [-0.39, 0.29) is 18.8 Å². The monoisotopic (exact) mass is 295 g/mol. The van der Waals surface area contributed by atoms with Crippen LogP contribution >= 0.6 is 0 Å². The van der Waals surface area contributed by atoms with Gasteiger partial charge in [0.15, 0.2) is 5.84 Å². The first-order valence-corrected chi connectivity index (χ1v) is 6.27. The molecule has 1 aromatic rings. The summed E-state index contributed by atoms with van der Waals surface area (Å²) in [5.74, 6) is -1.14. The molecule has 0 aromatic carbocycles. The van der Waals surface area contributed by atoms with Crippen LogP contribution in [0.1, 0.15) is 20.8 Å². The van der Waals surface area contributed by atoms with E-state index in [1.165, 1.54) is 6.92 Å². The van der Waals surface area contributed by atoms with Crippen molar-refractivity contribution in [2.45, 2.75) is 33.9 Å². The van der Waals surface area contributed by atoms with Crippen LogP contribution in [0.4, 0.5) is 5.69 Å². The number of amidine groups is 1. The van der Waals surface area contributed by atoms with E-state index in [1.54, 1.807) is 13.8 Å². The Kier molecular flexibility index (Phi) is 5.17. The number of allylic oxidation sites excluding steroid dienone is 1. The first-order valence-electron chi connectivity index (χ1n) is 6.27. The number of azo groups is 1. The smallest absolute Gasteiger partial charge is 0.333 e. The van der Waals surface area contributed by atoms with Crippen LogP contribution in [0, 0.1) is 5.41 Å². The highest BCUT2D eigenvalue weighted by Crippen LogP contribution is 2.20. The van der Waals surface area contributed by atoms with Gasteiger partial charge in [0.2, 0.25) is 11.6 Å². The summed E-state index contributed by atoms with van der Waals surface area (Å²) in [5, 5.41) is 33.2. The second-order valence-corrected chi connectivity index (χ2v) is 4.12. The minimum absolute atomic E-state index is 0.119. The zero-order valence-corrected chi connectivity index (χ0v) is 12.0. The molecule has 0 radical (unpaired) electrons. The van der Waals surface area contributed by atoms with Crippen molar-refractivity contribution in [2.75, 3.05) is 0 Å². The van der Waals surface area contributed by atoms with Gasteiger partial charge in [-0.2, -0.15) is 0 Å². The molecular formula is C12H17N5O4. The molecule has 0 unspecified atom stereocenters. The van der Waals surface area contributed by atoms with Gasteiger partial charge >= 0.3 is 5.69 Å². The second-order valence-electron chi connectivity index (χ2n) is 4.12. The molecule has 0 aliphatic rings. The van der Waals surface area contributed by atoms with Gasteiger partial charge in [0.25, 0.3) is 5.56 Å². The van der Waals surface area contributed by atoms with Crippen LogP contribution in [-0.2, 0) is 13.1 Å². The lowest BCUT2D eigenvalue weighted by atomic mass is 10.4. The molecule has 3 N–H and O–H groups in total. The van der Waals surface area contributed by atoms with E-state index in [2.05, 4.69) is 10.2 Å². The molecule has 0 amide bonds. The molecule has 0 atom stereocenters. The molecule has 1 heterocycles. The maximum absolute atomic E-state index is 12.0. The van der Waals surface area contributed by atoms with E-state index in [0.717, 1.165) is 15.2 Å². The molecular weight excluding hydrogens is 278 g/mol. The molecule has 0 bridgehead atoms. The number of hydrogen-bond acceptors (Lipinski definition) is 6. The highest BCUT2D eigenvalue weighted by atomic mass is 16.3. The van der Waals surface area contributed by atoms with Gasteiger partial charge in [0, 0.05) is 19.2 Å². The number of aliphatic hydroxyl groups excluding tert-OH is 1. The van der Waals surface area contributed by atoms with Crippen LogP contribution in [-0.4, -0.2) is 25.2 Å². The van der Waals surface area contributed by atoms with E-state index in [1.807, 2.05) is 0 Å². The molecule has 114 valence electrons. The van der Waals surface area contributed by atoms with Crippen LogP contribution in [0.3, 0.4) is 0 Å². The van der Waals surface area contributed by atoms with Crippen LogP contribution in [0.15, 0.2) is 31.7 Å². The number of aromatic nitrogens is 2. The van der Waals surface area contributed by atoms with Crippen molar-refractivity contribution in [3.05, 3.63) is 32.7 Å². The van der Waals surface area contributed by atoms with E-state index >= 15 is 0 Å². The Morgan fingerprint density at radius 2 is 1.86 bits per heavy atom. The summed E-state index contributed by atoms with van der Waals surface area (Å²) in [7, 11) is 0. The Labute approximate surface area is 120 Å². The Bertz CT molecular complexity index is 722. The van der Waals surface area contributed by atoms with Crippen molar-refractivity contribution in [1.29, 1.82) is 5.41 Å². The molecule has 1 rings (SSSR count). The fourth-order valence-corrected chi connectivity index (χ4v) is 1.66. The number of hydrogen-bond donors (Lipinski definition) is 3. The average Bonchev–Trinajstić information content (AvgIpc) is 2.38. The van der Waals surface area contributed by atoms with Crippen LogP contribution in [0.25, 0.3) is 0 Å². The quantitative estimate of drug-likeness (QED) is 0.334. The van der Waals surface area contributed by atoms with E-state index in [9.17, 15) is 14.7 Å². The Hall–Kier alpha value is -2.71. The number of aliphatic hydroxyl groups is 1. The summed E-state index contributed by atoms with van der Waals surface area (Å²) in [6, 6.07) is 0. The summed E-state index contributed by atoms with van der Waals surface area (Å²) < 4.78 is 1.89.